The zero-order chi connectivity index (χ0) is 21.3. The van der Waals surface area contributed by atoms with Crippen LogP contribution in [0.5, 0.6) is 0 Å². The van der Waals surface area contributed by atoms with Crippen LogP contribution in [0.3, 0.4) is 0 Å². The van der Waals surface area contributed by atoms with Crippen LogP contribution >= 0.6 is 11.3 Å². The van der Waals surface area contributed by atoms with E-state index in [-0.39, 0.29) is 18.2 Å². The zero-order valence-corrected chi connectivity index (χ0v) is 17.8. The second-order valence-corrected chi connectivity index (χ2v) is 8.56. The van der Waals surface area contributed by atoms with Crippen LogP contribution in [0.15, 0.2) is 77.5 Å². The zero-order valence-electron chi connectivity index (χ0n) is 16.9. The molecule has 0 radical (unpaired) electrons. The summed E-state index contributed by atoms with van der Waals surface area (Å²) in [4.78, 5) is 29.4. The van der Waals surface area contributed by atoms with Crippen molar-refractivity contribution in [3.8, 4) is 0 Å². The van der Waals surface area contributed by atoms with Gasteiger partial charge in [0.2, 0.25) is 0 Å². The maximum atomic E-state index is 12.9. The number of thiophene rings is 1. The third kappa shape index (κ3) is 3.45. The fourth-order valence-electron chi connectivity index (χ4n) is 4.52. The van der Waals surface area contributed by atoms with Gasteiger partial charge in [-0.05, 0) is 22.4 Å². The van der Waals surface area contributed by atoms with E-state index in [2.05, 4.69) is 5.32 Å². The van der Waals surface area contributed by atoms with Crippen molar-refractivity contribution >= 4 is 23.5 Å². The molecule has 158 valence electrons. The maximum absolute atomic E-state index is 12.9. The lowest BCUT2D eigenvalue weighted by molar-refractivity contribution is 0.0511. The number of cyclic esters (lactones) is 1. The lowest BCUT2D eigenvalue weighted by Crippen LogP contribution is -2.59. The van der Waals surface area contributed by atoms with E-state index in [1.807, 2.05) is 77.5 Å². The first-order chi connectivity index (χ1) is 15.2. The summed E-state index contributed by atoms with van der Waals surface area (Å²) in [6.07, 6.45) is -0.337. The van der Waals surface area contributed by atoms with Gasteiger partial charge < -0.3 is 15.0 Å². The molecule has 6 nitrogen and oxygen atoms in total. The van der Waals surface area contributed by atoms with Crippen molar-refractivity contribution in [1.82, 2.24) is 15.1 Å². The van der Waals surface area contributed by atoms with E-state index in [9.17, 15) is 9.59 Å². The fourth-order valence-corrected chi connectivity index (χ4v) is 5.19. The molecule has 7 heteroatoms. The molecule has 1 unspecified atom stereocenters. The molecular weight excluding hydrogens is 410 g/mol. The van der Waals surface area contributed by atoms with Gasteiger partial charge in [0.1, 0.15) is 6.04 Å². The second-order valence-electron chi connectivity index (χ2n) is 7.78. The summed E-state index contributed by atoms with van der Waals surface area (Å²) in [6, 6.07) is 21.2. The number of piperazine rings is 1. The molecule has 5 rings (SSSR count). The molecule has 3 amide bonds. The summed E-state index contributed by atoms with van der Waals surface area (Å²) < 4.78 is 6.15. The van der Waals surface area contributed by atoms with Crippen LogP contribution < -0.4 is 5.32 Å². The van der Waals surface area contributed by atoms with Crippen LogP contribution in [0.4, 0.5) is 9.59 Å². The minimum absolute atomic E-state index is 0.125. The summed E-state index contributed by atoms with van der Waals surface area (Å²) in [5.41, 5.74) is 1.93. The number of urea groups is 1. The predicted molar refractivity (Wildman–Crippen MR) is 119 cm³/mol. The maximum Gasteiger partial charge on any atom is 0.411 e. The van der Waals surface area contributed by atoms with E-state index < -0.39 is 5.60 Å². The molecule has 2 aliphatic heterocycles. The van der Waals surface area contributed by atoms with E-state index in [0.29, 0.717) is 26.2 Å². The Labute approximate surface area is 185 Å². The summed E-state index contributed by atoms with van der Waals surface area (Å²) in [7, 11) is 0. The van der Waals surface area contributed by atoms with E-state index in [1.54, 1.807) is 21.1 Å². The van der Waals surface area contributed by atoms with Gasteiger partial charge in [-0.1, -0.05) is 60.7 Å². The molecule has 3 heterocycles. The molecule has 2 fully saturated rings. The Hall–Kier alpha value is -3.32. The van der Waals surface area contributed by atoms with Crippen LogP contribution in [0.1, 0.15) is 16.7 Å². The fraction of sp³-hybridized carbons (Fsp3) is 0.250. The molecule has 2 aromatic carbocycles. The number of fused-ring (bicyclic) bond motifs is 1. The summed E-state index contributed by atoms with van der Waals surface area (Å²) in [5.74, 6) is 0. The molecule has 0 saturated carbocycles. The molecule has 2 aliphatic rings. The topological polar surface area (TPSA) is 61.9 Å². The van der Waals surface area contributed by atoms with E-state index in [0.717, 1.165) is 16.7 Å². The molecule has 0 aliphatic carbocycles. The van der Waals surface area contributed by atoms with Gasteiger partial charge in [-0.3, -0.25) is 4.90 Å². The lowest BCUT2D eigenvalue weighted by Gasteiger charge is -2.42. The largest absolute Gasteiger partial charge is 0.431 e. The number of rotatable bonds is 4. The highest BCUT2D eigenvalue weighted by Crippen LogP contribution is 2.45. The van der Waals surface area contributed by atoms with Crippen molar-refractivity contribution < 1.29 is 14.3 Å². The van der Waals surface area contributed by atoms with Gasteiger partial charge in [-0.15, -0.1) is 0 Å². The summed E-state index contributed by atoms with van der Waals surface area (Å²) in [6.45, 7) is 1.80. The number of nitrogens with zero attached hydrogens (tertiary/aromatic N) is 2. The Kier molecular flexibility index (Phi) is 5.11. The molecule has 1 atom stereocenters. The number of benzene rings is 2. The molecule has 3 aromatic rings. The lowest BCUT2D eigenvalue weighted by atomic mass is 9.79. The smallest absolute Gasteiger partial charge is 0.411 e. The summed E-state index contributed by atoms with van der Waals surface area (Å²) >= 11 is 1.61. The standard InChI is InChI=1S/C24H23N3O3S/c28-22(25-15-18-11-14-31-17-18)26-12-13-27-21(16-26)24(30-23(27)29,19-7-3-1-4-8-19)20-9-5-2-6-10-20/h1-11,14,17,21H,12-13,15-16H2,(H,25,28). The highest BCUT2D eigenvalue weighted by Gasteiger charge is 2.58. The van der Waals surface area contributed by atoms with E-state index >= 15 is 0 Å². The predicted octanol–water partition coefficient (Wildman–Crippen LogP) is 4.04. The monoisotopic (exact) mass is 433 g/mol. The minimum Gasteiger partial charge on any atom is -0.431 e. The number of hydrogen-bond acceptors (Lipinski definition) is 4. The average molecular weight is 434 g/mol. The van der Waals surface area contributed by atoms with Gasteiger partial charge in [0.25, 0.3) is 0 Å². The van der Waals surface area contributed by atoms with Crippen LogP contribution in [0.2, 0.25) is 0 Å². The van der Waals surface area contributed by atoms with Crippen LogP contribution in [0, 0.1) is 0 Å². The van der Waals surface area contributed by atoms with Crippen molar-refractivity contribution in [2.24, 2.45) is 0 Å². The molecule has 0 bridgehead atoms. The van der Waals surface area contributed by atoms with Crippen LogP contribution in [-0.2, 0) is 16.9 Å². The first kappa shape index (κ1) is 19.6. The van der Waals surface area contributed by atoms with Gasteiger partial charge in [0.15, 0.2) is 5.60 Å². The second kappa shape index (κ2) is 8.07. The highest BCUT2D eigenvalue weighted by molar-refractivity contribution is 7.07. The Morgan fingerprint density at radius 2 is 1.71 bits per heavy atom. The number of amides is 3. The van der Waals surface area contributed by atoms with E-state index in [1.165, 1.54) is 0 Å². The SMILES string of the molecule is O=C(NCc1ccsc1)N1CCN2C(=O)OC(c3ccccc3)(c3ccccc3)C2C1. The quantitative estimate of drug-likeness (QED) is 0.676. The van der Waals surface area contributed by atoms with Crippen molar-refractivity contribution in [3.63, 3.8) is 0 Å². The summed E-state index contributed by atoms with van der Waals surface area (Å²) in [5, 5.41) is 7.02. The molecule has 1 N–H and O–H groups in total. The number of ether oxygens (including phenoxy) is 1. The first-order valence-corrected chi connectivity index (χ1v) is 11.3. The van der Waals surface area contributed by atoms with Crippen molar-refractivity contribution in [1.29, 1.82) is 0 Å². The van der Waals surface area contributed by atoms with Gasteiger partial charge in [0.05, 0.1) is 0 Å². The number of carbonyl (C=O) groups excluding carboxylic acids is 2. The number of carbonyl (C=O) groups is 2. The Bertz CT molecular complexity index is 1020. The van der Waals surface area contributed by atoms with Gasteiger partial charge in [0, 0.05) is 37.3 Å². The number of nitrogens with one attached hydrogen (secondary N) is 1. The van der Waals surface area contributed by atoms with Gasteiger partial charge >= 0.3 is 12.1 Å². The van der Waals surface area contributed by atoms with E-state index in [4.69, 9.17) is 4.74 Å². The molecule has 2 saturated heterocycles. The molecular formula is C24H23N3O3S. The van der Waals surface area contributed by atoms with Crippen molar-refractivity contribution in [2.75, 3.05) is 19.6 Å². The van der Waals surface area contributed by atoms with Gasteiger partial charge in [-0.2, -0.15) is 11.3 Å². The van der Waals surface area contributed by atoms with Crippen molar-refractivity contribution in [3.05, 3.63) is 94.2 Å². The van der Waals surface area contributed by atoms with Crippen molar-refractivity contribution in [2.45, 2.75) is 18.2 Å². The Balaban J connectivity index is 1.47. The van der Waals surface area contributed by atoms with Crippen LogP contribution in [-0.4, -0.2) is 47.6 Å². The average Bonchev–Trinajstić information content (AvgIpc) is 3.45. The third-order valence-electron chi connectivity index (χ3n) is 6.05. The number of hydrogen-bond donors (Lipinski definition) is 1. The molecule has 1 aromatic heterocycles. The highest BCUT2D eigenvalue weighted by atomic mass is 32.1. The Morgan fingerprint density at radius 1 is 1.03 bits per heavy atom. The van der Waals surface area contributed by atoms with Crippen LogP contribution in [0.25, 0.3) is 0 Å². The minimum atomic E-state index is -0.966. The third-order valence-corrected chi connectivity index (χ3v) is 6.78. The molecule has 0 spiro atoms. The normalized spacial score (nSPS) is 19.6. The Morgan fingerprint density at radius 3 is 2.32 bits per heavy atom. The first-order valence-electron chi connectivity index (χ1n) is 10.3. The molecule has 31 heavy (non-hydrogen) atoms. The van der Waals surface area contributed by atoms with Gasteiger partial charge in [-0.25, -0.2) is 9.59 Å².